The number of H-pyrrole nitrogens is 1. The molecule has 1 atom stereocenters. The van der Waals surface area contributed by atoms with Crippen LogP contribution in [0.25, 0.3) is 33.5 Å². The van der Waals surface area contributed by atoms with E-state index in [1.807, 2.05) is 25.1 Å². The maximum Gasteiger partial charge on any atom is 0.269 e. The van der Waals surface area contributed by atoms with Crippen LogP contribution in [0, 0.1) is 6.92 Å². The Morgan fingerprint density at radius 1 is 1.30 bits per heavy atom. The highest BCUT2D eigenvalue weighted by Gasteiger charge is 2.23. The Morgan fingerprint density at radius 2 is 2.18 bits per heavy atom. The Balaban J connectivity index is 1.66. The van der Waals surface area contributed by atoms with Crippen LogP contribution in [-0.4, -0.2) is 50.3 Å². The fourth-order valence-electron chi connectivity index (χ4n) is 4.15. The van der Waals surface area contributed by atoms with Crippen LogP contribution in [-0.2, 0) is 4.74 Å². The summed E-state index contributed by atoms with van der Waals surface area (Å²) >= 11 is 0. The molecule has 6 N–H and O–H groups in total. The Labute approximate surface area is 189 Å². The van der Waals surface area contributed by atoms with E-state index in [4.69, 9.17) is 21.2 Å². The molecule has 1 amide bonds. The quantitative estimate of drug-likeness (QED) is 0.353. The fourth-order valence-corrected chi connectivity index (χ4v) is 4.15. The molecule has 1 fully saturated rings. The second-order valence-corrected chi connectivity index (χ2v) is 8.03. The third-order valence-electron chi connectivity index (χ3n) is 5.82. The SMILES string of the molecule is Cc1ccc2[nH]ncc2c1-c1nc(-c2cccnc2NC[C@H]2CCCO2)nc(C(N)=O)c1N. The number of nitrogens with two attached hydrogens (primary N) is 2. The average molecular weight is 444 g/mol. The Hall–Kier alpha value is -4.05. The number of amides is 1. The first kappa shape index (κ1) is 20.8. The van der Waals surface area contributed by atoms with Crippen molar-refractivity contribution in [1.82, 2.24) is 25.1 Å². The Kier molecular flexibility index (Phi) is 5.35. The molecule has 0 spiro atoms. The molecule has 3 aromatic heterocycles. The van der Waals surface area contributed by atoms with Crippen molar-refractivity contribution in [2.45, 2.75) is 25.9 Å². The van der Waals surface area contributed by atoms with Gasteiger partial charge in [-0.2, -0.15) is 5.10 Å². The summed E-state index contributed by atoms with van der Waals surface area (Å²) in [6.07, 6.45) is 5.57. The van der Waals surface area contributed by atoms with Crippen LogP contribution in [0.5, 0.6) is 0 Å². The first-order valence-electron chi connectivity index (χ1n) is 10.7. The second kappa shape index (κ2) is 8.47. The lowest BCUT2D eigenvalue weighted by atomic mass is 9.99. The third kappa shape index (κ3) is 3.85. The van der Waals surface area contributed by atoms with E-state index in [0.717, 1.165) is 41.5 Å². The molecular formula is C23H24N8O2. The highest BCUT2D eigenvalue weighted by molar-refractivity contribution is 6.04. The van der Waals surface area contributed by atoms with E-state index >= 15 is 0 Å². The van der Waals surface area contributed by atoms with Gasteiger partial charge in [0.2, 0.25) is 0 Å². The largest absolute Gasteiger partial charge is 0.395 e. The summed E-state index contributed by atoms with van der Waals surface area (Å²) in [7, 11) is 0. The summed E-state index contributed by atoms with van der Waals surface area (Å²) < 4.78 is 5.70. The molecule has 168 valence electrons. The van der Waals surface area contributed by atoms with Crippen molar-refractivity contribution >= 4 is 28.3 Å². The van der Waals surface area contributed by atoms with E-state index in [-0.39, 0.29) is 17.5 Å². The number of hydrogen-bond donors (Lipinski definition) is 4. The Morgan fingerprint density at radius 3 is 2.97 bits per heavy atom. The van der Waals surface area contributed by atoms with Gasteiger partial charge in [0.1, 0.15) is 5.82 Å². The number of primary amides is 1. The third-order valence-corrected chi connectivity index (χ3v) is 5.82. The van der Waals surface area contributed by atoms with Gasteiger partial charge in [-0.05, 0) is 43.5 Å². The number of benzene rings is 1. The van der Waals surface area contributed by atoms with Crippen LogP contribution >= 0.6 is 0 Å². The summed E-state index contributed by atoms with van der Waals surface area (Å²) in [6.45, 7) is 3.33. The van der Waals surface area contributed by atoms with Crippen molar-refractivity contribution < 1.29 is 9.53 Å². The number of fused-ring (bicyclic) bond motifs is 1. The van der Waals surface area contributed by atoms with E-state index in [0.29, 0.717) is 29.4 Å². The second-order valence-electron chi connectivity index (χ2n) is 8.03. The number of aryl methyl sites for hydroxylation is 1. The lowest BCUT2D eigenvalue weighted by molar-refractivity contribution is 0.0996. The number of nitrogens with one attached hydrogen (secondary N) is 2. The zero-order chi connectivity index (χ0) is 22.9. The van der Waals surface area contributed by atoms with Crippen molar-refractivity contribution in [3.05, 3.63) is 47.9 Å². The summed E-state index contributed by atoms with van der Waals surface area (Å²) in [5.41, 5.74) is 15.7. The van der Waals surface area contributed by atoms with Gasteiger partial charge in [0.05, 0.1) is 34.8 Å². The molecule has 10 nitrogen and oxygen atoms in total. The van der Waals surface area contributed by atoms with E-state index in [1.54, 1.807) is 18.5 Å². The summed E-state index contributed by atoms with van der Waals surface area (Å²) in [5.74, 6) is 0.167. The van der Waals surface area contributed by atoms with Gasteiger partial charge in [-0.3, -0.25) is 9.89 Å². The summed E-state index contributed by atoms with van der Waals surface area (Å²) in [6, 6.07) is 7.51. The normalized spacial score (nSPS) is 15.7. The number of aromatic nitrogens is 5. The molecule has 1 aromatic carbocycles. The van der Waals surface area contributed by atoms with Gasteiger partial charge >= 0.3 is 0 Å². The minimum atomic E-state index is -0.729. The van der Waals surface area contributed by atoms with Crippen molar-refractivity contribution in [2.24, 2.45) is 5.73 Å². The maximum atomic E-state index is 12.3. The minimum Gasteiger partial charge on any atom is -0.395 e. The van der Waals surface area contributed by atoms with Crippen molar-refractivity contribution in [2.75, 3.05) is 24.2 Å². The molecule has 0 unspecified atom stereocenters. The van der Waals surface area contributed by atoms with Gasteiger partial charge in [-0.25, -0.2) is 15.0 Å². The smallest absolute Gasteiger partial charge is 0.269 e. The number of rotatable bonds is 6. The lowest BCUT2D eigenvalue weighted by Gasteiger charge is -2.16. The topological polar surface area (TPSA) is 158 Å². The molecular weight excluding hydrogens is 420 g/mol. The molecule has 4 aromatic rings. The molecule has 4 heterocycles. The number of ether oxygens (including phenoxy) is 1. The predicted molar refractivity (Wildman–Crippen MR) is 125 cm³/mol. The minimum absolute atomic E-state index is 0.0381. The van der Waals surface area contributed by atoms with E-state index in [9.17, 15) is 4.79 Å². The number of hydrogen-bond acceptors (Lipinski definition) is 8. The number of nitrogen functional groups attached to an aromatic ring is 1. The average Bonchev–Trinajstić information content (AvgIpc) is 3.50. The van der Waals surface area contributed by atoms with Gasteiger partial charge in [0.15, 0.2) is 11.5 Å². The lowest BCUT2D eigenvalue weighted by Crippen LogP contribution is -2.20. The Bertz CT molecular complexity index is 1340. The molecule has 1 aliphatic rings. The zero-order valence-corrected chi connectivity index (χ0v) is 18.1. The van der Waals surface area contributed by atoms with Crippen LogP contribution in [0.1, 0.15) is 28.9 Å². The summed E-state index contributed by atoms with van der Waals surface area (Å²) in [5, 5.41) is 11.3. The van der Waals surface area contributed by atoms with Crippen LogP contribution in [0.2, 0.25) is 0 Å². The van der Waals surface area contributed by atoms with Crippen molar-refractivity contribution in [3.63, 3.8) is 0 Å². The van der Waals surface area contributed by atoms with Crippen LogP contribution < -0.4 is 16.8 Å². The molecule has 10 heteroatoms. The number of carbonyl (C=O) groups excluding carboxylic acids is 1. The number of carbonyl (C=O) groups is 1. The maximum absolute atomic E-state index is 12.3. The van der Waals surface area contributed by atoms with E-state index in [2.05, 4.69) is 25.5 Å². The van der Waals surface area contributed by atoms with Crippen LogP contribution in [0.3, 0.4) is 0 Å². The number of pyridine rings is 1. The van der Waals surface area contributed by atoms with Crippen molar-refractivity contribution in [1.29, 1.82) is 0 Å². The predicted octanol–water partition coefficient (Wildman–Crippen LogP) is 2.66. The zero-order valence-electron chi connectivity index (χ0n) is 18.1. The van der Waals surface area contributed by atoms with E-state index < -0.39 is 5.91 Å². The fraction of sp³-hybridized carbons (Fsp3) is 0.261. The van der Waals surface area contributed by atoms with Crippen LogP contribution in [0.4, 0.5) is 11.5 Å². The molecule has 1 aliphatic heterocycles. The first-order valence-corrected chi connectivity index (χ1v) is 10.7. The number of anilines is 2. The highest BCUT2D eigenvalue weighted by Crippen LogP contribution is 2.36. The molecule has 33 heavy (non-hydrogen) atoms. The highest BCUT2D eigenvalue weighted by atomic mass is 16.5. The molecule has 0 saturated carbocycles. The molecule has 0 radical (unpaired) electrons. The standard InChI is InChI=1S/C23H24N8O2/c1-12-6-7-16-15(11-28-31-16)17(12)19-18(24)20(21(25)32)30-23(29-19)14-5-2-8-26-22(14)27-10-13-4-3-9-33-13/h2,5-8,11,13H,3-4,9-10,24H2,1H3,(H2,25,32)(H,26,27)(H,28,31)/t13-/m1/s1. The van der Waals surface area contributed by atoms with E-state index in [1.165, 1.54) is 0 Å². The van der Waals surface area contributed by atoms with Gasteiger partial charge in [-0.15, -0.1) is 0 Å². The molecule has 5 rings (SSSR count). The van der Waals surface area contributed by atoms with Crippen molar-refractivity contribution in [3.8, 4) is 22.6 Å². The molecule has 1 saturated heterocycles. The van der Waals surface area contributed by atoms with Gasteiger partial charge < -0.3 is 21.5 Å². The molecule has 0 bridgehead atoms. The molecule has 0 aliphatic carbocycles. The number of nitrogens with zero attached hydrogens (tertiary/aromatic N) is 4. The van der Waals surface area contributed by atoms with Gasteiger partial charge in [0, 0.05) is 30.3 Å². The van der Waals surface area contributed by atoms with Gasteiger partial charge in [-0.1, -0.05) is 6.07 Å². The van der Waals surface area contributed by atoms with Gasteiger partial charge in [0.25, 0.3) is 5.91 Å². The first-order chi connectivity index (χ1) is 16.0. The monoisotopic (exact) mass is 444 g/mol. The number of aromatic amines is 1. The summed E-state index contributed by atoms with van der Waals surface area (Å²) in [4.78, 5) is 25.9. The van der Waals surface area contributed by atoms with Crippen LogP contribution in [0.15, 0.2) is 36.7 Å².